The molecule has 0 bridgehead atoms. The third-order valence-electron chi connectivity index (χ3n) is 6.17. The van der Waals surface area contributed by atoms with Crippen molar-refractivity contribution in [2.75, 3.05) is 0 Å². The molecule has 3 aromatic carbocycles. The van der Waals surface area contributed by atoms with Gasteiger partial charge in [0.2, 0.25) is 5.91 Å². The molecule has 1 fully saturated rings. The fourth-order valence-corrected chi connectivity index (χ4v) is 4.38. The number of aliphatic carboxylic acids is 1. The Kier molecular flexibility index (Phi) is 8.15. The van der Waals surface area contributed by atoms with Crippen LogP contribution in [0.2, 0.25) is 5.02 Å². The Morgan fingerprint density at radius 2 is 1.60 bits per heavy atom. The number of carboxylic acids is 1. The molecule has 3 aromatic rings. The highest BCUT2D eigenvalue weighted by Gasteiger charge is 2.32. The zero-order chi connectivity index (χ0) is 24.8. The summed E-state index contributed by atoms with van der Waals surface area (Å²) in [5, 5.41) is 22.7. The van der Waals surface area contributed by atoms with E-state index < -0.39 is 24.2 Å². The fourth-order valence-electron chi connectivity index (χ4n) is 4.26. The number of aliphatic hydroxyl groups is 1. The van der Waals surface area contributed by atoms with Gasteiger partial charge in [0.25, 0.3) is 0 Å². The van der Waals surface area contributed by atoms with E-state index in [4.69, 9.17) is 11.6 Å². The molecule has 35 heavy (non-hydrogen) atoms. The maximum atomic E-state index is 13.0. The maximum Gasteiger partial charge on any atom is 0.332 e. The van der Waals surface area contributed by atoms with Gasteiger partial charge in [0.05, 0.1) is 0 Å². The van der Waals surface area contributed by atoms with Crippen LogP contribution in [-0.4, -0.2) is 40.3 Å². The smallest absolute Gasteiger partial charge is 0.332 e. The summed E-state index contributed by atoms with van der Waals surface area (Å²) in [5.41, 5.74) is 10.3. The van der Waals surface area contributed by atoms with Crippen molar-refractivity contribution in [3.8, 4) is 11.1 Å². The highest BCUT2D eigenvalue weighted by molar-refractivity contribution is 6.30. The van der Waals surface area contributed by atoms with E-state index in [2.05, 4.69) is 16.2 Å². The number of aliphatic hydroxyl groups excluding tert-OH is 1. The molecule has 8 heteroatoms. The van der Waals surface area contributed by atoms with Crippen LogP contribution >= 0.6 is 11.6 Å². The minimum absolute atomic E-state index is 0.0587. The fraction of sp³-hybridized carbons (Fsp3) is 0.259. The number of hydrazine groups is 1. The van der Waals surface area contributed by atoms with Gasteiger partial charge < -0.3 is 15.5 Å². The number of amides is 1. The van der Waals surface area contributed by atoms with Crippen molar-refractivity contribution in [1.29, 1.82) is 0 Å². The molecule has 182 valence electrons. The number of carboxylic acid groups (broad SMARTS) is 1. The summed E-state index contributed by atoms with van der Waals surface area (Å²) in [7, 11) is 0. The molecule has 0 spiro atoms. The van der Waals surface area contributed by atoms with Crippen LogP contribution in [0.1, 0.15) is 30.0 Å². The SMILES string of the molecule is O=C(NC(Cc1ccc(-c2ccccc2)cc1)C[C@@H](O)C(=O)O)C1CC(c2ccc(Cl)cc2)NN1. The van der Waals surface area contributed by atoms with Crippen molar-refractivity contribution in [3.63, 3.8) is 0 Å². The van der Waals surface area contributed by atoms with Crippen LogP contribution in [0.25, 0.3) is 11.1 Å². The van der Waals surface area contributed by atoms with Crippen LogP contribution in [0.3, 0.4) is 0 Å². The van der Waals surface area contributed by atoms with E-state index in [9.17, 15) is 19.8 Å². The van der Waals surface area contributed by atoms with Crippen molar-refractivity contribution in [2.45, 2.75) is 43.5 Å². The molecule has 1 amide bonds. The second-order valence-corrected chi connectivity index (χ2v) is 9.18. The number of hydrogen-bond donors (Lipinski definition) is 5. The third kappa shape index (κ3) is 6.68. The number of halogens is 1. The number of carbonyl (C=O) groups excluding carboxylic acids is 1. The van der Waals surface area contributed by atoms with Crippen molar-refractivity contribution < 1.29 is 19.8 Å². The zero-order valence-corrected chi connectivity index (χ0v) is 19.8. The largest absolute Gasteiger partial charge is 0.479 e. The van der Waals surface area contributed by atoms with E-state index in [1.807, 2.05) is 66.7 Å². The topological polar surface area (TPSA) is 111 Å². The van der Waals surface area contributed by atoms with Gasteiger partial charge in [0.1, 0.15) is 6.04 Å². The van der Waals surface area contributed by atoms with Gasteiger partial charge in [-0.2, -0.15) is 0 Å². The van der Waals surface area contributed by atoms with Crippen molar-refractivity contribution in [2.24, 2.45) is 0 Å². The number of nitrogens with one attached hydrogen (secondary N) is 3. The summed E-state index contributed by atoms with van der Waals surface area (Å²) in [5.74, 6) is -1.57. The van der Waals surface area contributed by atoms with Crippen molar-refractivity contribution in [1.82, 2.24) is 16.2 Å². The van der Waals surface area contributed by atoms with Gasteiger partial charge in [0.15, 0.2) is 6.10 Å². The van der Waals surface area contributed by atoms with E-state index in [1.165, 1.54) is 0 Å². The summed E-state index contributed by atoms with van der Waals surface area (Å²) in [6.07, 6.45) is -0.748. The first kappa shape index (κ1) is 24.9. The first-order chi connectivity index (χ1) is 16.9. The average molecular weight is 494 g/mol. The van der Waals surface area contributed by atoms with Gasteiger partial charge in [-0.1, -0.05) is 78.3 Å². The van der Waals surface area contributed by atoms with E-state index >= 15 is 0 Å². The van der Waals surface area contributed by atoms with Crippen LogP contribution in [0.15, 0.2) is 78.9 Å². The predicted molar refractivity (Wildman–Crippen MR) is 135 cm³/mol. The molecule has 1 aliphatic heterocycles. The molecule has 0 saturated carbocycles. The highest BCUT2D eigenvalue weighted by atomic mass is 35.5. The van der Waals surface area contributed by atoms with Gasteiger partial charge in [-0.25, -0.2) is 15.6 Å². The minimum atomic E-state index is -1.57. The molecule has 0 aliphatic carbocycles. The lowest BCUT2D eigenvalue weighted by Gasteiger charge is -2.22. The molecule has 0 radical (unpaired) electrons. The van der Waals surface area contributed by atoms with Gasteiger partial charge in [-0.15, -0.1) is 0 Å². The molecule has 1 saturated heterocycles. The first-order valence-corrected chi connectivity index (χ1v) is 11.9. The molecule has 3 unspecified atom stereocenters. The molecule has 0 aromatic heterocycles. The van der Waals surface area contributed by atoms with Crippen molar-refractivity contribution >= 4 is 23.5 Å². The second kappa shape index (κ2) is 11.5. The summed E-state index contributed by atoms with van der Waals surface area (Å²) in [6, 6.07) is 24.2. The molecular weight excluding hydrogens is 466 g/mol. The van der Waals surface area contributed by atoms with E-state index in [0.717, 1.165) is 22.3 Å². The predicted octanol–water partition coefficient (Wildman–Crippen LogP) is 3.48. The highest BCUT2D eigenvalue weighted by Crippen LogP contribution is 2.24. The normalized spacial score (nSPS) is 19.1. The molecule has 5 N–H and O–H groups in total. The van der Waals surface area contributed by atoms with E-state index in [-0.39, 0.29) is 18.4 Å². The molecule has 1 aliphatic rings. The van der Waals surface area contributed by atoms with Gasteiger partial charge in [-0.05, 0) is 47.2 Å². The first-order valence-electron chi connectivity index (χ1n) is 11.5. The lowest BCUT2D eigenvalue weighted by atomic mass is 9.97. The Balaban J connectivity index is 1.41. The van der Waals surface area contributed by atoms with Crippen LogP contribution in [-0.2, 0) is 16.0 Å². The van der Waals surface area contributed by atoms with Gasteiger partial charge in [-0.3, -0.25) is 4.79 Å². The summed E-state index contributed by atoms with van der Waals surface area (Å²) in [4.78, 5) is 24.3. The lowest BCUT2D eigenvalue weighted by Crippen LogP contribution is -2.48. The Hall–Kier alpha value is -3.23. The van der Waals surface area contributed by atoms with Crippen molar-refractivity contribution in [3.05, 3.63) is 95.0 Å². The summed E-state index contributed by atoms with van der Waals surface area (Å²) < 4.78 is 0. The number of carbonyl (C=O) groups is 2. The average Bonchev–Trinajstić information content (AvgIpc) is 3.36. The number of rotatable bonds is 9. The Labute approximate surface area is 209 Å². The Bertz CT molecular complexity index is 1140. The van der Waals surface area contributed by atoms with Crippen LogP contribution in [0.4, 0.5) is 0 Å². The molecule has 7 nitrogen and oxygen atoms in total. The van der Waals surface area contributed by atoms with E-state index in [0.29, 0.717) is 17.9 Å². The zero-order valence-electron chi connectivity index (χ0n) is 19.0. The lowest BCUT2D eigenvalue weighted by molar-refractivity contribution is -0.147. The third-order valence-corrected chi connectivity index (χ3v) is 6.43. The van der Waals surface area contributed by atoms with Crippen LogP contribution < -0.4 is 16.2 Å². The standard InChI is InChI=1S/C27H28ClN3O4/c28-21-12-10-20(11-13-21)23-16-24(31-30-23)26(33)29-22(15-25(32)27(34)35)14-17-6-8-19(9-7-17)18-4-2-1-3-5-18/h1-13,22-25,30-32H,14-16H2,(H,29,33)(H,34,35)/t22?,23?,24?,25-/m1/s1. The quantitative estimate of drug-likeness (QED) is 0.312. The van der Waals surface area contributed by atoms with Gasteiger partial charge >= 0.3 is 5.97 Å². The maximum absolute atomic E-state index is 13.0. The monoisotopic (exact) mass is 493 g/mol. The molecule has 1 heterocycles. The summed E-state index contributed by atoms with van der Waals surface area (Å²) in [6.45, 7) is 0. The Morgan fingerprint density at radius 3 is 2.26 bits per heavy atom. The van der Waals surface area contributed by atoms with E-state index in [1.54, 1.807) is 12.1 Å². The minimum Gasteiger partial charge on any atom is -0.479 e. The van der Waals surface area contributed by atoms with Crippen LogP contribution in [0.5, 0.6) is 0 Å². The number of benzene rings is 3. The molecule has 4 atom stereocenters. The second-order valence-electron chi connectivity index (χ2n) is 8.74. The summed E-state index contributed by atoms with van der Waals surface area (Å²) >= 11 is 5.96. The van der Waals surface area contributed by atoms with Gasteiger partial charge in [0, 0.05) is 23.5 Å². The van der Waals surface area contributed by atoms with Crippen LogP contribution in [0, 0.1) is 0 Å². The number of hydrogen-bond acceptors (Lipinski definition) is 5. The molecule has 4 rings (SSSR count). The Morgan fingerprint density at radius 1 is 0.943 bits per heavy atom. The molecular formula is C27H28ClN3O4.